The zero-order valence-electron chi connectivity index (χ0n) is 22.0. The van der Waals surface area contributed by atoms with E-state index in [-0.39, 0.29) is 5.56 Å². The Kier molecular flexibility index (Phi) is 7.00. The van der Waals surface area contributed by atoms with Crippen molar-refractivity contribution >= 4 is 45.9 Å². The molecule has 1 aliphatic rings. The highest BCUT2D eigenvalue weighted by molar-refractivity contribution is 7.07. The molecule has 3 heterocycles. The van der Waals surface area contributed by atoms with Crippen LogP contribution in [0.5, 0.6) is 0 Å². The number of halogens is 1. The molecule has 0 unspecified atom stereocenters. The summed E-state index contributed by atoms with van der Waals surface area (Å²) in [6, 6.07) is 24.9. The molecule has 1 atom stereocenters. The Morgan fingerprint density at radius 2 is 1.77 bits per heavy atom. The van der Waals surface area contributed by atoms with Crippen molar-refractivity contribution in [1.29, 1.82) is 0 Å². The van der Waals surface area contributed by atoms with Crippen LogP contribution in [-0.4, -0.2) is 22.2 Å². The summed E-state index contributed by atoms with van der Waals surface area (Å²) in [5.41, 5.74) is 4.64. The Bertz CT molecular complexity index is 1970. The van der Waals surface area contributed by atoms with Crippen LogP contribution in [0, 0.1) is 0 Å². The van der Waals surface area contributed by atoms with Crippen LogP contribution in [-0.2, 0) is 16.1 Å². The van der Waals surface area contributed by atoms with Gasteiger partial charge in [-0.3, -0.25) is 9.36 Å². The minimum absolute atomic E-state index is 0.197. The fraction of sp³-hybridized carbons (Fsp3) is 0.156. The number of benzene rings is 3. The lowest BCUT2D eigenvalue weighted by atomic mass is 9.95. The van der Waals surface area contributed by atoms with E-state index in [1.807, 2.05) is 79.7 Å². The van der Waals surface area contributed by atoms with Gasteiger partial charge in [0.1, 0.15) is 0 Å². The molecule has 0 fully saturated rings. The lowest BCUT2D eigenvalue weighted by Gasteiger charge is -2.25. The van der Waals surface area contributed by atoms with Gasteiger partial charge in [-0.25, -0.2) is 9.79 Å². The number of ether oxygens (including phenoxy) is 1. The summed E-state index contributed by atoms with van der Waals surface area (Å²) < 4.78 is 9.47. The predicted molar refractivity (Wildman–Crippen MR) is 159 cm³/mol. The molecule has 8 heteroatoms. The number of para-hydroxylation sites is 1. The number of carbonyl (C=O) groups excluding carboxylic acids is 1. The first-order valence-electron chi connectivity index (χ1n) is 13.0. The van der Waals surface area contributed by atoms with Crippen LogP contribution in [0.4, 0.5) is 0 Å². The van der Waals surface area contributed by atoms with Crippen LogP contribution in [0.2, 0.25) is 5.02 Å². The van der Waals surface area contributed by atoms with E-state index < -0.39 is 12.0 Å². The van der Waals surface area contributed by atoms with E-state index in [4.69, 9.17) is 21.3 Å². The van der Waals surface area contributed by atoms with Crippen molar-refractivity contribution in [2.45, 2.75) is 25.9 Å². The average Bonchev–Trinajstić information content (AvgIpc) is 3.49. The van der Waals surface area contributed by atoms with E-state index in [1.165, 1.54) is 18.4 Å². The molecule has 6 nitrogen and oxygen atoms in total. The Hall–Kier alpha value is -4.20. The number of fused-ring (bicyclic) bond motifs is 2. The molecule has 0 amide bonds. The van der Waals surface area contributed by atoms with Crippen molar-refractivity contribution in [1.82, 2.24) is 9.13 Å². The predicted octanol–water partition coefficient (Wildman–Crippen LogP) is 5.45. The molecule has 0 saturated carbocycles. The minimum Gasteiger partial charge on any atom is -0.466 e. The molecule has 0 bridgehead atoms. The van der Waals surface area contributed by atoms with Gasteiger partial charge in [-0.15, -0.1) is 0 Å². The number of carbonyl (C=O) groups is 1. The van der Waals surface area contributed by atoms with Crippen molar-refractivity contribution in [2.75, 3.05) is 7.11 Å². The summed E-state index contributed by atoms with van der Waals surface area (Å²) in [7, 11) is 1.36. The minimum atomic E-state index is -0.622. The fourth-order valence-electron chi connectivity index (χ4n) is 5.29. The molecule has 0 saturated heterocycles. The molecule has 1 aliphatic heterocycles. The van der Waals surface area contributed by atoms with Gasteiger partial charge in [0.2, 0.25) is 0 Å². The van der Waals surface area contributed by atoms with Gasteiger partial charge in [0, 0.05) is 34.2 Å². The number of methoxy groups -OCH3 is 1. The molecule has 5 aromatic rings. The molecule has 200 valence electrons. The molecule has 0 spiro atoms. The standard InChI is InChI=1S/C32H26ClN3O3S/c1-3-25-28(31(38)39-2)29(20-11-5-4-6-12-20)36-30(37)27(40-32(36)34-25)17-22-19-35(26-16-10-8-14-23(22)26)18-21-13-7-9-15-24(21)33/h4-17,19,29H,3,18H2,1-2H3/b27-17+/t29-/m1/s1. The van der Waals surface area contributed by atoms with E-state index in [0.717, 1.165) is 27.6 Å². The van der Waals surface area contributed by atoms with Crippen LogP contribution < -0.4 is 14.9 Å². The molecule has 0 N–H and O–H groups in total. The topological polar surface area (TPSA) is 65.6 Å². The first-order chi connectivity index (χ1) is 19.5. The summed E-state index contributed by atoms with van der Waals surface area (Å²) in [6.07, 6.45) is 4.51. The normalized spacial score (nSPS) is 15.3. The number of rotatable bonds is 6. The maximum atomic E-state index is 14.0. The van der Waals surface area contributed by atoms with Crippen LogP contribution in [0.25, 0.3) is 17.0 Å². The van der Waals surface area contributed by atoms with Crippen molar-refractivity contribution in [3.05, 3.63) is 138 Å². The summed E-state index contributed by atoms with van der Waals surface area (Å²) >= 11 is 7.79. The van der Waals surface area contributed by atoms with Gasteiger partial charge >= 0.3 is 5.97 Å². The Morgan fingerprint density at radius 1 is 1.05 bits per heavy atom. The maximum Gasteiger partial charge on any atom is 0.338 e. The van der Waals surface area contributed by atoms with E-state index in [0.29, 0.717) is 38.6 Å². The summed E-state index contributed by atoms with van der Waals surface area (Å²) in [5.74, 6) is -0.480. The lowest BCUT2D eigenvalue weighted by Crippen LogP contribution is -2.40. The van der Waals surface area contributed by atoms with E-state index >= 15 is 0 Å². The van der Waals surface area contributed by atoms with Crippen LogP contribution in [0.3, 0.4) is 0 Å². The highest BCUT2D eigenvalue weighted by atomic mass is 35.5. The molecule has 0 aliphatic carbocycles. The quantitative estimate of drug-likeness (QED) is 0.256. The van der Waals surface area contributed by atoms with Crippen molar-refractivity contribution in [3.8, 4) is 0 Å². The third-order valence-electron chi connectivity index (χ3n) is 7.17. The van der Waals surface area contributed by atoms with Gasteiger partial charge in [0.05, 0.1) is 29.0 Å². The second-order valence-corrected chi connectivity index (χ2v) is 10.9. The number of hydrogen-bond acceptors (Lipinski definition) is 5. The van der Waals surface area contributed by atoms with E-state index in [1.54, 1.807) is 4.57 Å². The third kappa shape index (κ3) is 4.51. The number of esters is 1. The Balaban J connectivity index is 1.54. The highest BCUT2D eigenvalue weighted by Crippen LogP contribution is 2.32. The Morgan fingerprint density at radius 3 is 2.52 bits per heavy atom. The molecule has 2 aromatic heterocycles. The van der Waals surface area contributed by atoms with Gasteiger partial charge in [0.25, 0.3) is 5.56 Å². The smallest absolute Gasteiger partial charge is 0.338 e. The molecule has 40 heavy (non-hydrogen) atoms. The zero-order chi connectivity index (χ0) is 27.8. The number of hydrogen-bond donors (Lipinski definition) is 0. The average molecular weight is 568 g/mol. The zero-order valence-corrected chi connectivity index (χ0v) is 23.6. The van der Waals surface area contributed by atoms with Gasteiger partial charge in [0.15, 0.2) is 4.80 Å². The van der Waals surface area contributed by atoms with Crippen LogP contribution in [0.1, 0.15) is 36.1 Å². The highest BCUT2D eigenvalue weighted by Gasteiger charge is 2.33. The second-order valence-electron chi connectivity index (χ2n) is 9.52. The number of aromatic nitrogens is 2. The SMILES string of the molecule is CCC1=C(C(=O)OC)[C@@H](c2ccccc2)n2c(s/c(=C/c3cn(Cc4ccccc4Cl)c4ccccc34)c2=O)=N1. The monoisotopic (exact) mass is 567 g/mol. The molecular formula is C32H26ClN3O3S. The first kappa shape index (κ1) is 26.0. The largest absolute Gasteiger partial charge is 0.466 e. The Labute approximate surface area is 239 Å². The van der Waals surface area contributed by atoms with Crippen molar-refractivity contribution < 1.29 is 9.53 Å². The van der Waals surface area contributed by atoms with Gasteiger partial charge in [-0.1, -0.05) is 96.6 Å². The fourth-order valence-corrected chi connectivity index (χ4v) is 6.49. The first-order valence-corrected chi connectivity index (χ1v) is 14.2. The molecule has 3 aromatic carbocycles. The van der Waals surface area contributed by atoms with E-state index in [9.17, 15) is 9.59 Å². The molecule has 6 rings (SSSR count). The van der Waals surface area contributed by atoms with E-state index in [2.05, 4.69) is 22.9 Å². The number of allylic oxidation sites excluding steroid dienone is 1. The molecule has 0 radical (unpaired) electrons. The summed E-state index contributed by atoms with van der Waals surface area (Å²) in [5, 5.41) is 1.74. The van der Waals surface area contributed by atoms with Gasteiger partial charge in [-0.05, 0) is 35.8 Å². The lowest BCUT2D eigenvalue weighted by molar-refractivity contribution is -0.136. The summed E-state index contributed by atoms with van der Waals surface area (Å²) in [4.78, 5) is 32.3. The maximum absolute atomic E-state index is 14.0. The summed E-state index contributed by atoms with van der Waals surface area (Å²) in [6.45, 7) is 2.55. The van der Waals surface area contributed by atoms with Crippen LogP contribution >= 0.6 is 22.9 Å². The van der Waals surface area contributed by atoms with Crippen LogP contribution in [0.15, 0.2) is 106 Å². The third-order valence-corrected chi connectivity index (χ3v) is 8.52. The number of thiazole rings is 1. The van der Waals surface area contributed by atoms with Gasteiger partial charge < -0.3 is 9.30 Å². The number of nitrogens with zero attached hydrogens (tertiary/aromatic N) is 3. The van der Waals surface area contributed by atoms with Crippen molar-refractivity contribution in [2.24, 2.45) is 4.99 Å². The second kappa shape index (κ2) is 10.8. The molecular weight excluding hydrogens is 542 g/mol. The van der Waals surface area contributed by atoms with Gasteiger partial charge in [-0.2, -0.15) is 0 Å². The van der Waals surface area contributed by atoms with Crippen molar-refractivity contribution in [3.63, 3.8) is 0 Å².